The third-order valence-electron chi connectivity index (χ3n) is 4.17. The highest BCUT2D eigenvalue weighted by molar-refractivity contribution is 8.00. The number of para-hydroxylation sites is 1. The number of hydrogen-bond donors (Lipinski definition) is 1. The van der Waals surface area contributed by atoms with Gasteiger partial charge in [0.05, 0.1) is 19.9 Å². The van der Waals surface area contributed by atoms with Gasteiger partial charge in [-0.05, 0) is 30.7 Å². The van der Waals surface area contributed by atoms with Gasteiger partial charge in [0.15, 0.2) is 11.5 Å². The number of carbonyl (C=O) groups excluding carboxylic acids is 1. The number of ether oxygens (including phenoxy) is 2. The average Bonchev–Trinajstić information content (AvgIpc) is 2.66. The van der Waals surface area contributed by atoms with E-state index < -0.39 is 0 Å². The van der Waals surface area contributed by atoms with Crippen LogP contribution in [0.1, 0.15) is 13.3 Å². The highest BCUT2D eigenvalue weighted by Gasteiger charge is 2.28. The van der Waals surface area contributed by atoms with Crippen LogP contribution in [0.4, 0.5) is 16.2 Å². The summed E-state index contributed by atoms with van der Waals surface area (Å²) in [5.41, 5.74) is 1.63. The van der Waals surface area contributed by atoms with Crippen LogP contribution in [0.5, 0.6) is 11.5 Å². The molecule has 1 aliphatic heterocycles. The van der Waals surface area contributed by atoms with Crippen LogP contribution in [0.3, 0.4) is 0 Å². The van der Waals surface area contributed by atoms with E-state index in [9.17, 15) is 4.79 Å². The van der Waals surface area contributed by atoms with Gasteiger partial charge in [0.25, 0.3) is 0 Å². The van der Waals surface area contributed by atoms with Crippen LogP contribution < -0.4 is 19.7 Å². The van der Waals surface area contributed by atoms with Crippen LogP contribution in [-0.2, 0) is 0 Å². The Balaban J connectivity index is 1.83. The molecule has 0 aliphatic carbocycles. The Labute approximate surface area is 152 Å². The smallest absolute Gasteiger partial charge is 0.326 e. The summed E-state index contributed by atoms with van der Waals surface area (Å²) in [5, 5.41) is 3.36. The van der Waals surface area contributed by atoms with Crippen molar-refractivity contribution in [3.05, 3.63) is 42.5 Å². The van der Waals surface area contributed by atoms with Crippen LogP contribution >= 0.6 is 11.8 Å². The number of amides is 2. The summed E-state index contributed by atoms with van der Waals surface area (Å²) < 4.78 is 10.5. The van der Waals surface area contributed by atoms with Gasteiger partial charge < -0.3 is 14.8 Å². The second-order valence-electron chi connectivity index (χ2n) is 5.73. The fourth-order valence-electron chi connectivity index (χ4n) is 2.81. The van der Waals surface area contributed by atoms with Crippen molar-refractivity contribution in [2.45, 2.75) is 23.5 Å². The standard InChI is InChI=1S/C19H22N2O3S/c1-4-14-12-21(15-7-5-6-8-18(15)25-14)19(22)20-13-9-10-16(23-2)17(11-13)24-3/h5-11,14H,4,12H2,1-3H3,(H,20,22)/t14-/m1/s1. The lowest BCUT2D eigenvalue weighted by atomic mass is 10.2. The summed E-state index contributed by atoms with van der Waals surface area (Å²) in [4.78, 5) is 15.8. The zero-order valence-corrected chi connectivity index (χ0v) is 15.4. The first-order chi connectivity index (χ1) is 12.2. The van der Waals surface area contributed by atoms with Gasteiger partial charge in [-0.1, -0.05) is 19.1 Å². The zero-order valence-electron chi connectivity index (χ0n) is 14.6. The second-order valence-corrected chi connectivity index (χ2v) is 7.07. The Kier molecular flexibility index (Phi) is 5.38. The zero-order chi connectivity index (χ0) is 17.8. The topological polar surface area (TPSA) is 50.8 Å². The van der Waals surface area contributed by atoms with Crippen molar-refractivity contribution >= 4 is 29.2 Å². The molecule has 0 aromatic heterocycles. The molecule has 0 spiro atoms. The first-order valence-electron chi connectivity index (χ1n) is 8.22. The van der Waals surface area contributed by atoms with Gasteiger partial charge in [-0.15, -0.1) is 11.8 Å². The van der Waals surface area contributed by atoms with Crippen molar-refractivity contribution in [1.29, 1.82) is 0 Å². The van der Waals surface area contributed by atoms with Crippen molar-refractivity contribution in [3.63, 3.8) is 0 Å². The molecule has 1 atom stereocenters. The normalized spacial score (nSPS) is 16.1. The van der Waals surface area contributed by atoms with Crippen LogP contribution in [0, 0.1) is 0 Å². The van der Waals surface area contributed by atoms with Crippen molar-refractivity contribution < 1.29 is 14.3 Å². The minimum Gasteiger partial charge on any atom is -0.493 e. The Hall–Kier alpha value is -2.34. The molecule has 1 aliphatic rings. The van der Waals surface area contributed by atoms with Crippen LogP contribution in [0.2, 0.25) is 0 Å². The molecule has 6 heteroatoms. The number of rotatable bonds is 4. The molecule has 2 aromatic rings. The lowest BCUT2D eigenvalue weighted by Gasteiger charge is -2.33. The first kappa shape index (κ1) is 17.5. The minimum atomic E-state index is -0.140. The Bertz CT molecular complexity index is 766. The van der Waals surface area contributed by atoms with Gasteiger partial charge in [-0.2, -0.15) is 0 Å². The number of nitrogens with zero attached hydrogens (tertiary/aromatic N) is 1. The van der Waals surface area contributed by atoms with Crippen LogP contribution in [-0.4, -0.2) is 32.0 Å². The predicted molar refractivity (Wildman–Crippen MR) is 102 cm³/mol. The van der Waals surface area contributed by atoms with Gasteiger partial charge in [-0.3, -0.25) is 4.90 Å². The van der Waals surface area contributed by atoms with E-state index in [1.807, 2.05) is 34.9 Å². The average molecular weight is 358 g/mol. The maximum absolute atomic E-state index is 12.9. The summed E-state index contributed by atoms with van der Waals surface area (Å²) in [6.45, 7) is 2.84. The molecule has 3 rings (SSSR count). The molecular weight excluding hydrogens is 336 g/mol. The minimum absolute atomic E-state index is 0.140. The van der Waals surface area contributed by atoms with Gasteiger partial charge in [0, 0.05) is 28.4 Å². The summed E-state index contributed by atoms with van der Waals surface area (Å²) in [5.74, 6) is 1.22. The summed E-state index contributed by atoms with van der Waals surface area (Å²) >= 11 is 1.84. The number of fused-ring (bicyclic) bond motifs is 1. The number of thioether (sulfide) groups is 1. The number of hydrogen-bond acceptors (Lipinski definition) is 4. The van der Waals surface area contributed by atoms with E-state index in [0.29, 0.717) is 29.0 Å². The molecule has 0 saturated heterocycles. The molecule has 0 radical (unpaired) electrons. The third kappa shape index (κ3) is 3.69. The van der Waals surface area contributed by atoms with Crippen molar-refractivity contribution in [1.82, 2.24) is 0 Å². The van der Waals surface area contributed by atoms with Crippen LogP contribution in [0.25, 0.3) is 0 Å². The monoisotopic (exact) mass is 358 g/mol. The second kappa shape index (κ2) is 7.70. The quantitative estimate of drug-likeness (QED) is 0.866. The number of methoxy groups -OCH3 is 2. The molecule has 1 heterocycles. The van der Waals surface area contributed by atoms with E-state index in [1.54, 1.807) is 32.4 Å². The fourth-order valence-corrected chi connectivity index (χ4v) is 4.01. The summed E-state index contributed by atoms with van der Waals surface area (Å²) in [7, 11) is 3.16. The SMILES string of the molecule is CC[C@@H]1CN(C(=O)Nc2ccc(OC)c(OC)c2)c2ccccc2S1. The molecule has 2 aromatic carbocycles. The van der Waals surface area contributed by atoms with Gasteiger partial charge in [0.1, 0.15) is 0 Å². The van der Waals surface area contributed by atoms with Gasteiger partial charge in [-0.25, -0.2) is 4.79 Å². The first-order valence-corrected chi connectivity index (χ1v) is 9.10. The van der Waals surface area contributed by atoms with E-state index in [0.717, 1.165) is 17.0 Å². The van der Waals surface area contributed by atoms with E-state index in [-0.39, 0.29) is 6.03 Å². The third-order valence-corrected chi connectivity index (χ3v) is 5.59. The molecule has 5 nitrogen and oxygen atoms in total. The maximum Gasteiger partial charge on any atom is 0.326 e. The van der Waals surface area contributed by atoms with Gasteiger partial charge >= 0.3 is 6.03 Å². The van der Waals surface area contributed by atoms with Gasteiger partial charge in [0.2, 0.25) is 0 Å². The van der Waals surface area contributed by atoms with E-state index >= 15 is 0 Å². The maximum atomic E-state index is 12.9. The van der Waals surface area contributed by atoms with E-state index in [1.165, 1.54) is 0 Å². The summed E-state index contributed by atoms with van der Waals surface area (Å²) in [6.07, 6.45) is 1.01. The Morgan fingerprint density at radius 2 is 1.96 bits per heavy atom. The molecule has 2 amide bonds. The highest BCUT2D eigenvalue weighted by atomic mass is 32.2. The molecule has 0 unspecified atom stereocenters. The molecule has 0 fully saturated rings. The van der Waals surface area contributed by atoms with Crippen LogP contribution in [0.15, 0.2) is 47.4 Å². The van der Waals surface area contributed by atoms with E-state index in [2.05, 4.69) is 18.3 Å². The Morgan fingerprint density at radius 3 is 2.68 bits per heavy atom. The number of urea groups is 1. The molecule has 132 valence electrons. The molecule has 1 N–H and O–H groups in total. The lowest BCUT2D eigenvalue weighted by molar-refractivity contribution is 0.256. The number of benzene rings is 2. The lowest BCUT2D eigenvalue weighted by Crippen LogP contribution is -2.41. The fraction of sp³-hybridized carbons (Fsp3) is 0.316. The number of carbonyl (C=O) groups is 1. The van der Waals surface area contributed by atoms with Crippen molar-refractivity contribution in [3.8, 4) is 11.5 Å². The van der Waals surface area contributed by atoms with Crippen molar-refractivity contribution in [2.24, 2.45) is 0 Å². The molecule has 25 heavy (non-hydrogen) atoms. The number of nitrogens with one attached hydrogen (secondary N) is 1. The molecule has 0 saturated carbocycles. The largest absolute Gasteiger partial charge is 0.493 e. The number of anilines is 2. The van der Waals surface area contributed by atoms with E-state index in [4.69, 9.17) is 9.47 Å². The molecule has 0 bridgehead atoms. The Morgan fingerprint density at radius 1 is 1.20 bits per heavy atom. The summed E-state index contributed by atoms with van der Waals surface area (Å²) in [6, 6.07) is 13.2. The predicted octanol–water partition coefficient (Wildman–Crippen LogP) is 4.63. The molecular formula is C19H22N2O3S. The van der Waals surface area contributed by atoms with Crippen molar-refractivity contribution in [2.75, 3.05) is 31.0 Å². The highest BCUT2D eigenvalue weighted by Crippen LogP contribution is 2.39.